The molecular formula is C21H23N3O. The van der Waals surface area contributed by atoms with Crippen molar-refractivity contribution in [2.24, 2.45) is 0 Å². The number of nitrogen functional groups attached to an aromatic ring is 1. The first-order valence-electron chi connectivity index (χ1n) is 8.91. The molecular weight excluding hydrogens is 310 g/mol. The number of aromatic nitrogens is 1. The van der Waals surface area contributed by atoms with Crippen LogP contribution in [-0.4, -0.2) is 22.3 Å². The third-order valence-electron chi connectivity index (χ3n) is 5.41. The molecule has 4 heteroatoms. The molecule has 2 aliphatic rings. The number of anilines is 1. The highest BCUT2D eigenvalue weighted by molar-refractivity contribution is 5.94. The van der Waals surface area contributed by atoms with Crippen molar-refractivity contribution in [3.63, 3.8) is 0 Å². The molecule has 1 aliphatic heterocycles. The summed E-state index contributed by atoms with van der Waals surface area (Å²) in [7, 11) is 0. The van der Waals surface area contributed by atoms with Gasteiger partial charge in [-0.2, -0.15) is 0 Å². The van der Waals surface area contributed by atoms with Gasteiger partial charge in [0.15, 0.2) is 0 Å². The van der Waals surface area contributed by atoms with Gasteiger partial charge in [-0.3, -0.25) is 4.79 Å². The Hall–Kier alpha value is -2.62. The minimum absolute atomic E-state index is 0.0213. The Morgan fingerprint density at radius 3 is 2.80 bits per heavy atom. The van der Waals surface area contributed by atoms with Gasteiger partial charge < -0.3 is 10.6 Å². The maximum atomic E-state index is 13.2. The Balaban J connectivity index is 1.70. The first-order valence-corrected chi connectivity index (χ1v) is 8.91. The summed E-state index contributed by atoms with van der Waals surface area (Å²) in [6.07, 6.45) is 4.79. The molecule has 0 unspecified atom stereocenters. The highest BCUT2D eigenvalue weighted by Gasteiger charge is 2.32. The van der Waals surface area contributed by atoms with Crippen LogP contribution in [0.15, 0.2) is 36.9 Å². The molecule has 1 amide bonds. The first-order chi connectivity index (χ1) is 12.1. The molecule has 1 aromatic heterocycles. The van der Waals surface area contributed by atoms with Crippen molar-refractivity contribution >= 4 is 17.7 Å². The van der Waals surface area contributed by atoms with Gasteiger partial charge >= 0.3 is 0 Å². The predicted molar refractivity (Wildman–Crippen MR) is 100 cm³/mol. The summed E-state index contributed by atoms with van der Waals surface area (Å²) in [5.74, 6) is 0.444. The number of rotatable bonds is 3. The van der Waals surface area contributed by atoms with Crippen molar-refractivity contribution in [1.29, 1.82) is 0 Å². The maximum absolute atomic E-state index is 13.2. The fourth-order valence-electron chi connectivity index (χ4n) is 3.79. The van der Waals surface area contributed by atoms with E-state index in [-0.39, 0.29) is 11.9 Å². The van der Waals surface area contributed by atoms with Crippen molar-refractivity contribution in [3.05, 3.63) is 65.0 Å². The van der Waals surface area contributed by atoms with Crippen LogP contribution in [-0.2, 0) is 6.42 Å². The number of carbonyl (C=O) groups excluding carboxylic acids is 1. The molecule has 1 aliphatic carbocycles. The maximum Gasteiger partial charge on any atom is 0.272 e. The monoisotopic (exact) mass is 333 g/mol. The van der Waals surface area contributed by atoms with Crippen molar-refractivity contribution in [2.45, 2.75) is 38.1 Å². The van der Waals surface area contributed by atoms with E-state index in [0.29, 0.717) is 29.5 Å². The van der Waals surface area contributed by atoms with Crippen LogP contribution in [0.1, 0.15) is 64.6 Å². The van der Waals surface area contributed by atoms with Crippen molar-refractivity contribution in [2.75, 3.05) is 12.3 Å². The smallest absolute Gasteiger partial charge is 0.272 e. The molecule has 0 saturated heterocycles. The molecule has 2 N–H and O–H groups in total. The number of carbonyl (C=O) groups is 1. The van der Waals surface area contributed by atoms with E-state index in [1.807, 2.05) is 17.0 Å². The van der Waals surface area contributed by atoms with E-state index in [2.05, 4.69) is 36.7 Å². The minimum Gasteiger partial charge on any atom is -0.397 e. The molecule has 4 rings (SSSR count). The van der Waals surface area contributed by atoms with Crippen LogP contribution >= 0.6 is 0 Å². The third kappa shape index (κ3) is 2.72. The van der Waals surface area contributed by atoms with Gasteiger partial charge in [-0.1, -0.05) is 30.8 Å². The normalized spacial score (nSPS) is 19.4. The summed E-state index contributed by atoms with van der Waals surface area (Å²) in [4.78, 5) is 19.6. The lowest BCUT2D eigenvalue weighted by Crippen LogP contribution is -2.39. The number of hydrogen-bond donors (Lipinski definition) is 1. The highest BCUT2D eigenvalue weighted by Crippen LogP contribution is 2.44. The number of benzene rings is 1. The molecule has 2 aromatic rings. The van der Waals surface area contributed by atoms with E-state index in [1.54, 1.807) is 6.08 Å². The third-order valence-corrected chi connectivity index (χ3v) is 5.41. The largest absolute Gasteiger partial charge is 0.397 e. The van der Waals surface area contributed by atoms with E-state index in [1.165, 1.54) is 11.1 Å². The van der Waals surface area contributed by atoms with Crippen LogP contribution in [0.2, 0.25) is 0 Å². The van der Waals surface area contributed by atoms with E-state index in [9.17, 15) is 4.79 Å². The van der Waals surface area contributed by atoms with Gasteiger partial charge in [0, 0.05) is 6.54 Å². The van der Waals surface area contributed by atoms with Gasteiger partial charge in [0.1, 0.15) is 5.69 Å². The molecule has 4 nitrogen and oxygen atoms in total. The van der Waals surface area contributed by atoms with Crippen LogP contribution in [0.5, 0.6) is 0 Å². The molecule has 1 aromatic carbocycles. The second-order valence-corrected chi connectivity index (χ2v) is 7.00. The SMILES string of the molecule is C=Cc1nc(C(=O)N2CCc3ccccc3[C@H]2C)cc(C2CC2)c1N. The Morgan fingerprint density at radius 1 is 1.32 bits per heavy atom. The Morgan fingerprint density at radius 2 is 2.08 bits per heavy atom. The van der Waals surface area contributed by atoms with Crippen LogP contribution in [0, 0.1) is 0 Å². The summed E-state index contributed by atoms with van der Waals surface area (Å²) in [5, 5.41) is 0. The van der Waals surface area contributed by atoms with Crippen LogP contribution < -0.4 is 5.73 Å². The average molecular weight is 333 g/mol. The zero-order valence-electron chi connectivity index (χ0n) is 14.5. The molecule has 128 valence electrons. The quantitative estimate of drug-likeness (QED) is 0.925. The number of nitrogens with zero attached hydrogens (tertiary/aromatic N) is 2. The zero-order chi connectivity index (χ0) is 17.6. The predicted octanol–water partition coefficient (Wildman–Crippen LogP) is 3.94. The highest BCUT2D eigenvalue weighted by atomic mass is 16.2. The Kier molecular flexibility index (Phi) is 3.83. The van der Waals surface area contributed by atoms with Gasteiger partial charge in [-0.25, -0.2) is 4.98 Å². The molecule has 1 atom stereocenters. The van der Waals surface area contributed by atoms with Gasteiger partial charge in [-0.15, -0.1) is 0 Å². The van der Waals surface area contributed by atoms with E-state index in [0.717, 1.165) is 24.8 Å². The lowest BCUT2D eigenvalue weighted by Gasteiger charge is -2.35. The molecule has 1 saturated carbocycles. The number of fused-ring (bicyclic) bond motifs is 1. The van der Waals surface area contributed by atoms with Gasteiger partial charge in [0.2, 0.25) is 0 Å². The molecule has 0 radical (unpaired) electrons. The summed E-state index contributed by atoms with van der Waals surface area (Å²) >= 11 is 0. The van der Waals surface area contributed by atoms with Crippen LogP contribution in [0.4, 0.5) is 5.69 Å². The van der Waals surface area contributed by atoms with E-state index < -0.39 is 0 Å². The molecule has 1 fully saturated rings. The molecule has 0 bridgehead atoms. The summed E-state index contributed by atoms with van der Waals surface area (Å²) < 4.78 is 0. The number of nitrogens with two attached hydrogens (primary N) is 1. The molecule has 0 spiro atoms. The number of amides is 1. The summed E-state index contributed by atoms with van der Waals surface area (Å²) in [6, 6.07) is 10.3. The second kappa shape index (κ2) is 6.03. The van der Waals surface area contributed by atoms with E-state index >= 15 is 0 Å². The van der Waals surface area contributed by atoms with Gasteiger partial charge in [-0.05, 0) is 60.9 Å². The van der Waals surface area contributed by atoms with E-state index in [4.69, 9.17) is 5.73 Å². The molecule has 25 heavy (non-hydrogen) atoms. The van der Waals surface area contributed by atoms with Crippen LogP contribution in [0.25, 0.3) is 6.08 Å². The fourth-order valence-corrected chi connectivity index (χ4v) is 3.79. The first kappa shape index (κ1) is 15.9. The standard InChI is InChI=1S/C21H23N3O/c1-3-18-20(22)17(15-8-9-15)12-19(23-18)21(25)24-11-10-14-6-4-5-7-16(14)13(24)2/h3-7,12-13,15H,1,8-11,22H2,2H3/t13-/m1/s1. The molecule has 2 heterocycles. The van der Waals surface area contributed by atoms with Gasteiger partial charge in [0.05, 0.1) is 17.4 Å². The number of hydrogen-bond acceptors (Lipinski definition) is 3. The fraction of sp³-hybridized carbons (Fsp3) is 0.333. The van der Waals surface area contributed by atoms with Crippen molar-refractivity contribution in [1.82, 2.24) is 9.88 Å². The Labute approximate surface area is 148 Å². The topological polar surface area (TPSA) is 59.2 Å². The van der Waals surface area contributed by atoms with Crippen molar-refractivity contribution in [3.8, 4) is 0 Å². The number of pyridine rings is 1. The zero-order valence-corrected chi connectivity index (χ0v) is 14.5. The lowest BCUT2D eigenvalue weighted by atomic mass is 9.93. The van der Waals surface area contributed by atoms with Gasteiger partial charge in [0.25, 0.3) is 5.91 Å². The van der Waals surface area contributed by atoms with Crippen molar-refractivity contribution < 1.29 is 4.79 Å². The average Bonchev–Trinajstić information content (AvgIpc) is 3.47. The summed E-state index contributed by atoms with van der Waals surface area (Å²) in [6.45, 7) is 6.60. The Bertz CT molecular complexity index is 854. The lowest BCUT2D eigenvalue weighted by molar-refractivity contribution is 0.0671. The summed E-state index contributed by atoms with van der Waals surface area (Å²) in [5.41, 5.74) is 11.6. The minimum atomic E-state index is -0.0213. The van der Waals surface area contributed by atoms with Crippen LogP contribution in [0.3, 0.4) is 0 Å². The second-order valence-electron chi connectivity index (χ2n) is 7.00.